The fourth-order valence-corrected chi connectivity index (χ4v) is 1.74. The number of alkyl halides is 6. The van der Waals surface area contributed by atoms with Crippen LogP contribution in [0.15, 0.2) is 6.07 Å². The zero-order valence-electron chi connectivity index (χ0n) is 10.1. The highest BCUT2D eigenvalue weighted by Gasteiger charge is 2.43. The average Bonchev–Trinajstić information content (AvgIpc) is 2.24. The van der Waals surface area contributed by atoms with Crippen molar-refractivity contribution in [1.82, 2.24) is 0 Å². The molecule has 0 saturated carbocycles. The quantitative estimate of drug-likeness (QED) is 0.847. The van der Waals surface area contributed by atoms with Crippen LogP contribution in [0.4, 0.5) is 26.3 Å². The summed E-state index contributed by atoms with van der Waals surface area (Å²) in [6.45, 7) is 0.842. The molecule has 0 atom stereocenters. The molecule has 0 bridgehead atoms. The van der Waals surface area contributed by atoms with Crippen molar-refractivity contribution in [3.05, 3.63) is 28.3 Å². The number of halogens is 6. The molecule has 0 heterocycles. The van der Waals surface area contributed by atoms with E-state index in [0.717, 1.165) is 14.0 Å². The summed E-state index contributed by atoms with van der Waals surface area (Å²) in [5, 5.41) is 8.80. The van der Waals surface area contributed by atoms with E-state index >= 15 is 0 Å². The third kappa shape index (κ3) is 2.81. The fraction of sp³-hybridized carbons (Fsp3) is 0.364. The van der Waals surface area contributed by atoms with Crippen LogP contribution >= 0.6 is 0 Å². The van der Waals surface area contributed by atoms with Gasteiger partial charge in [-0.15, -0.1) is 0 Å². The molecular weight excluding hydrogens is 294 g/mol. The second-order valence-corrected chi connectivity index (χ2v) is 3.81. The Labute approximate surface area is 108 Å². The lowest BCUT2D eigenvalue weighted by molar-refractivity contribution is -0.143. The predicted molar refractivity (Wildman–Crippen MR) is 54.7 cm³/mol. The molecule has 0 unspecified atom stereocenters. The first-order valence-electron chi connectivity index (χ1n) is 5.00. The summed E-state index contributed by atoms with van der Waals surface area (Å²) < 4.78 is 80.7. The first-order chi connectivity index (χ1) is 8.91. The largest absolute Gasteiger partial charge is 0.496 e. The van der Waals surface area contributed by atoms with Crippen LogP contribution in [0.1, 0.15) is 27.0 Å². The molecule has 1 N–H and O–H groups in total. The van der Waals surface area contributed by atoms with Gasteiger partial charge in [0.15, 0.2) is 0 Å². The molecule has 1 rings (SSSR count). The van der Waals surface area contributed by atoms with Crippen LogP contribution in [0.25, 0.3) is 0 Å². The van der Waals surface area contributed by atoms with E-state index in [0.29, 0.717) is 0 Å². The standard InChI is InChI=1S/C11H8F6O3/c1-4-5(10(12,13)14)3-6(11(15,16)17)7(9(18)19)8(4)20-2/h3H,1-2H3,(H,18,19). The van der Waals surface area contributed by atoms with Gasteiger partial charge in [-0.3, -0.25) is 0 Å². The third-order valence-electron chi connectivity index (χ3n) is 2.56. The van der Waals surface area contributed by atoms with Crippen molar-refractivity contribution in [1.29, 1.82) is 0 Å². The van der Waals surface area contributed by atoms with Gasteiger partial charge in [-0.1, -0.05) is 0 Å². The minimum atomic E-state index is -5.26. The minimum Gasteiger partial charge on any atom is -0.496 e. The highest BCUT2D eigenvalue weighted by atomic mass is 19.4. The lowest BCUT2D eigenvalue weighted by Crippen LogP contribution is -2.19. The molecule has 9 heteroatoms. The normalized spacial score (nSPS) is 12.4. The van der Waals surface area contributed by atoms with E-state index < -0.39 is 46.3 Å². The molecule has 0 fully saturated rings. The van der Waals surface area contributed by atoms with Crippen LogP contribution < -0.4 is 4.74 Å². The number of carboxylic acid groups (broad SMARTS) is 1. The van der Waals surface area contributed by atoms with Crippen molar-refractivity contribution in [2.45, 2.75) is 19.3 Å². The fourth-order valence-electron chi connectivity index (χ4n) is 1.74. The molecule has 0 amide bonds. The Bertz CT molecular complexity index is 545. The minimum absolute atomic E-state index is 0.221. The van der Waals surface area contributed by atoms with E-state index in [2.05, 4.69) is 4.74 Å². The number of benzene rings is 1. The second kappa shape index (κ2) is 4.88. The molecule has 3 nitrogen and oxygen atoms in total. The molecule has 1 aromatic carbocycles. The number of carbonyl (C=O) groups is 1. The lowest BCUT2D eigenvalue weighted by atomic mass is 9.96. The molecular formula is C11H8F6O3. The van der Waals surface area contributed by atoms with E-state index in [1.54, 1.807) is 0 Å². The summed E-state index contributed by atoms with van der Waals surface area (Å²) in [5.74, 6) is -2.98. The van der Waals surface area contributed by atoms with Gasteiger partial charge in [-0.2, -0.15) is 26.3 Å². The zero-order valence-corrected chi connectivity index (χ0v) is 10.1. The maximum absolute atomic E-state index is 12.7. The van der Waals surface area contributed by atoms with E-state index in [4.69, 9.17) is 5.11 Å². The van der Waals surface area contributed by atoms with Gasteiger partial charge in [-0.25, -0.2) is 4.79 Å². The highest BCUT2D eigenvalue weighted by Crippen LogP contribution is 2.43. The molecule has 0 spiro atoms. The van der Waals surface area contributed by atoms with Crippen LogP contribution in [0, 0.1) is 6.92 Å². The zero-order chi connectivity index (χ0) is 15.9. The van der Waals surface area contributed by atoms with Gasteiger partial charge in [0, 0.05) is 5.56 Å². The Hall–Kier alpha value is -1.93. The molecule has 112 valence electrons. The van der Waals surface area contributed by atoms with Gasteiger partial charge in [0.1, 0.15) is 11.3 Å². The molecule has 0 aliphatic rings. The summed E-state index contributed by atoms with van der Waals surface area (Å²) in [5.41, 5.74) is -5.55. The number of rotatable bonds is 2. The molecule has 0 aliphatic carbocycles. The van der Waals surface area contributed by atoms with Crippen LogP contribution in [-0.2, 0) is 12.4 Å². The topological polar surface area (TPSA) is 46.5 Å². The van der Waals surface area contributed by atoms with Crippen molar-refractivity contribution in [2.24, 2.45) is 0 Å². The number of carboxylic acids is 1. The van der Waals surface area contributed by atoms with Gasteiger partial charge < -0.3 is 9.84 Å². The van der Waals surface area contributed by atoms with Crippen LogP contribution in [0.3, 0.4) is 0 Å². The van der Waals surface area contributed by atoms with E-state index in [-0.39, 0.29) is 6.07 Å². The Balaban J connectivity index is 3.87. The van der Waals surface area contributed by atoms with Crippen LogP contribution in [-0.4, -0.2) is 18.2 Å². The van der Waals surface area contributed by atoms with E-state index in [1.165, 1.54) is 0 Å². The summed E-state index contributed by atoms with van der Waals surface area (Å²) in [6.07, 6.45) is -10.3. The summed E-state index contributed by atoms with van der Waals surface area (Å²) in [4.78, 5) is 10.9. The second-order valence-electron chi connectivity index (χ2n) is 3.81. The van der Waals surface area contributed by atoms with Gasteiger partial charge in [0.05, 0.1) is 18.2 Å². The molecule has 0 aliphatic heterocycles. The number of hydrogen-bond acceptors (Lipinski definition) is 2. The van der Waals surface area contributed by atoms with Crippen molar-refractivity contribution in [3.63, 3.8) is 0 Å². The van der Waals surface area contributed by atoms with Gasteiger partial charge in [0.2, 0.25) is 0 Å². The molecule has 1 aromatic rings. The lowest BCUT2D eigenvalue weighted by Gasteiger charge is -2.20. The molecule has 20 heavy (non-hydrogen) atoms. The first kappa shape index (κ1) is 16.1. The van der Waals surface area contributed by atoms with E-state index in [9.17, 15) is 31.1 Å². The van der Waals surface area contributed by atoms with Gasteiger partial charge >= 0.3 is 18.3 Å². The Morgan fingerprint density at radius 1 is 1.10 bits per heavy atom. The Morgan fingerprint density at radius 2 is 1.55 bits per heavy atom. The summed E-state index contributed by atoms with van der Waals surface area (Å²) >= 11 is 0. The average molecular weight is 302 g/mol. The number of hydrogen-bond donors (Lipinski definition) is 1. The summed E-state index contributed by atoms with van der Waals surface area (Å²) in [7, 11) is 0.801. The smallest absolute Gasteiger partial charge is 0.417 e. The molecule has 0 radical (unpaired) electrons. The van der Waals surface area contributed by atoms with Crippen molar-refractivity contribution in [2.75, 3.05) is 7.11 Å². The van der Waals surface area contributed by atoms with Crippen molar-refractivity contribution < 1.29 is 41.0 Å². The maximum Gasteiger partial charge on any atom is 0.417 e. The van der Waals surface area contributed by atoms with Crippen LogP contribution in [0.2, 0.25) is 0 Å². The maximum atomic E-state index is 12.7. The number of methoxy groups -OCH3 is 1. The Kier molecular flexibility index (Phi) is 3.93. The van der Waals surface area contributed by atoms with Crippen LogP contribution in [0.5, 0.6) is 5.75 Å². The van der Waals surface area contributed by atoms with E-state index in [1.807, 2.05) is 0 Å². The van der Waals surface area contributed by atoms with Crippen molar-refractivity contribution >= 4 is 5.97 Å². The van der Waals surface area contributed by atoms with Crippen molar-refractivity contribution in [3.8, 4) is 5.75 Å². The third-order valence-corrected chi connectivity index (χ3v) is 2.56. The number of aromatic carboxylic acids is 1. The van der Waals surface area contributed by atoms with Gasteiger partial charge in [0.25, 0.3) is 0 Å². The number of ether oxygens (including phenoxy) is 1. The SMILES string of the molecule is COc1c(C)c(C(F)(F)F)cc(C(F)(F)F)c1C(=O)O. The monoisotopic (exact) mass is 302 g/mol. The highest BCUT2D eigenvalue weighted by molar-refractivity contribution is 5.94. The summed E-state index contributed by atoms with van der Waals surface area (Å²) in [6, 6.07) is -0.221. The first-order valence-corrected chi connectivity index (χ1v) is 5.00. The van der Waals surface area contributed by atoms with Gasteiger partial charge in [-0.05, 0) is 13.0 Å². The predicted octanol–water partition coefficient (Wildman–Crippen LogP) is 3.74. The molecule has 0 saturated heterocycles. The molecule has 0 aromatic heterocycles. The Morgan fingerprint density at radius 3 is 1.85 bits per heavy atom.